The molecule has 0 aromatic heterocycles. The van der Waals surface area contributed by atoms with Gasteiger partial charge in [-0.15, -0.1) is 0 Å². The Labute approximate surface area is 116 Å². The van der Waals surface area contributed by atoms with Crippen LogP contribution in [0.25, 0.3) is 0 Å². The van der Waals surface area contributed by atoms with Gasteiger partial charge in [0.15, 0.2) is 0 Å². The Balaban J connectivity index is 2.32. The normalized spacial score (nSPS) is 10.3. The Morgan fingerprint density at radius 2 is 2.00 bits per heavy atom. The Hall–Kier alpha value is -2.40. The minimum atomic E-state index is -0.581. The molecule has 104 valence electrons. The van der Waals surface area contributed by atoms with E-state index in [-0.39, 0.29) is 17.1 Å². The van der Waals surface area contributed by atoms with E-state index in [0.29, 0.717) is 12.4 Å². The van der Waals surface area contributed by atoms with Crippen molar-refractivity contribution in [2.24, 2.45) is 5.73 Å². The molecule has 0 fully saturated rings. The van der Waals surface area contributed by atoms with Crippen LogP contribution in [0.4, 0.5) is 4.39 Å². The van der Waals surface area contributed by atoms with Crippen molar-refractivity contribution in [2.75, 3.05) is 7.11 Å². The Morgan fingerprint density at radius 1 is 1.25 bits per heavy atom. The molecular weight excluding hydrogens is 259 g/mol. The molecule has 0 radical (unpaired) electrons. The number of nitrogens with two attached hydrogens (primary N) is 1. The van der Waals surface area contributed by atoms with Crippen molar-refractivity contribution < 1.29 is 13.9 Å². The minimum absolute atomic E-state index is 0.0374. The number of halogens is 1. The third kappa shape index (κ3) is 3.13. The number of hydrogen-bond donors (Lipinski definition) is 2. The van der Waals surface area contributed by atoms with Crippen LogP contribution in [0.5, 0.6) is 11.5 Å². The third-order valence-electron chi connectivity index (χ3n) is 2.68. The van der Waals surface area contributed by atoms with Gasteiger partial charge in [-0.25, -0.2) is 4.39 Å². The summed E-state index contributed by atoms with van der Waals surface area (Å²) < 4.78 is 24.3. The molecule has 2 aromatic rings. The second-order valence-corrected chi connectivity index (χ2v) is 4.21. The molecule has 4 nitrogen and oxygen atoms in total. The Kier molecular flexibility index (Phi) is 4.32. The molecule has 0 heterocycles. The molecule has 0 unspecified atom stereocenters. The summed E-state index contributed by atoms with van der Waals surface area (Å²) in [6.45, 7) is 0.458. The van der Waals surface area contributed by atoms with Crippen LogP contribution in [-0.2, 0) is 11.3 Å². The van der Waals surface area contributed by atoms with Crippen LogP contribution >= 0.6 is 0 Å². The number of rotatable bonds is 5. The molecule has 0 aliphatic carbocycles. The highest BCUT2D eigenvalue weighted by Crippen LogP contribution is 2.27. The zero-order valence-corrected chi connectivity index (χ0v) is 11.0. The number of hydrogen-bond acceptors (Lipinski definition) is 3. The highest BCUT2D eigenvalue weighted by atomic mass is 19.1. The van der Waals surface area contributed by atoms with E-state index in [1.807, 2.05) is 12.1 Å². The van der Waals surface area contributed by atoms with Crippen LogP contribution in [0.2, 0.25) is 0 Å². The van der Waals surface area contributed by atoms with Crippen molar-refractivity contribution >= 4 is 5.84 Å². The first-order chi connectivity index (χ1) is 9.61. The number of nitrogen functional groups attached to an aromatic ring is 1. The van der Waals surface area contributed by atoms with Gasteiger partial charge in [0.25, 0.3) is 0 Å². The zero-order chi connectivity index (χ0) is 14.5. The topological polar surface area (TPSA) is 68.3 Å². The van der Waals surface area contributed by atoms with E-state index in [2.05, 4.69) is 0 Å². The Morgan fingerprint density at radius 3 is 2.70 bits per heavy atom. The lowest BCUT2D eigenvalue weighted by atomic mass is 10.1. The summed E-state index contributed by atoms with van der Waals surface area (Å²) in [6.07, 6.45) is 0. The van der Waals surface area contributed by atoms with E-state index < -0.39 is 5.82 Å². The molecule has 5 heteroatoms. The highest BCUT2D eigenvalue weighted by molar-refractivity contribution is 5.98. The van der Waals surface area contributed by atoms with Crippen molar-refractivity contribution in [2.45, 2.75) is 6.61 Å². The lowest BCUT2D eigenvalue weighted by Gasteiger charge is -2.11. The quantitative estimate of drug-likeness (QED) is 0.650. The summed E-state index contributed by atoms with van der Waals surface area (Å²) in [6, 6.07) is 11.6. The van der Waals surface area contributed by atoms with E-state index in [1.165, 1.54) is 12.1 Å². The van der Waals surface area contributed by atoms with Gasteiger partial charge in [-0.05, 0) is 29.8 Å². The van der Waals surface area contributed by atoms with Gasteiger partial charge in [0, 0.05) is 7.11 Å². The van der Waals surface area contributed by atoms with E-state index in [9.17, 15) is 4.39 Å². The maximum absolute atomic E-state index is 13.7. The third-order valence-corrected chi connectivity index (χ3v) is 2.68. The molecule has 0 saturated heterocycles. The van der Waals surface area contributed by atoms with Crippen molar-refractivity contribution in [1.82, 2.24) is 0 Å². The number of nitrogens with one attached hydrogen (secondary N) is 1. The van der Waals surface area contributed by atoms with Gasteiger partial charge in [0.05, 0.1) is 12.2 Å². The van der Waals surface area contributed by atoms with Gasteiger partial charge < -0.3 is 15.2 Å². The molecule has 0 aliphatic rings. The summed E-state index contributed by atoms with van der Waals surface area (Å²) in [5.74, 6) is -0.200. The Bertz CT molecular complexity index is 629. The first kappa shape index (κ1) is 14.0. The standard InChI is InChI=1S/C15H15FN2O2/c1-19-9-10-4-2-5-11(8-10)20-13-7-3-6-12(16)14(13)15(17)18/h2-8H,9H2,1H3,(H3,17,18). The first-order valence-corrected chi connectivity index (χ1v) is 6.00. The van der Waals surface area contributed by atoms with Gasteiger partial charge in [-0.2, -0.15) is 0 Å². The largest absolute Gasteiger partial charge is 0.456 e. The maximum atomic E-state index is 13.7. The van der Waals surface area contributed by atoms with Crippen LogP contribution in [-0.4, -0.2) is 12.9 Å². The van der Waals surface area contributed by atoms with E-state index in [4.69, 9.17) is 20.6 Å². The molecule has 0 atom stereocenters. The predicted molar refractivity (Wildman–Crippen MR) is 74.6 cm³/mol. The maximum Gasteiger partial charge on any atom is 0.141 e. The van der Waals surface area contributed by atoms with Crippen LogP contribution < -0.4 is 10.5 Å². The lowest BCUT2D eigenvalue weighted by Crippen LogP contribution is -2.14. The van der Waals surface area contributed by atoms with E-state index in [0.717, 1.165) is 5.56 Å². The monoisotopic (exact) mass is 274 g/mol. The predicted octanol–water partition coefficient (Wildman–Crippen LogP) is 3.05. The van der Waals surface area contributed by atoms with Crippen molar-refractivity contribution in [3.8, 4) is 11.5 Å². The van der Waals surface area contributed by atoms with Gasteiger partial charge in [0.2, 0.25) is 0 Å². The van der Waals surface area contributed by atoms with Crippen molar-refractivity contribution in [3.63, 3.8) is 0 Å². The molecule has 0 spiro atoms. The number of methoxy groups -OCH3 is 1. The van der Waals surface area contributed by atoms with Gasteiger partial charge in [-0.1, -0.05) is 18.2 Å². The van der Waals surface area contributed by atoms with E-state index in [1.54, 1.807) is 25.3 Å². The second-order valence-electron chi connectivity index (χ2n) is 4.21. The first-order valence-electron chi connectivity index (χ1n) is 6.00. The summed E-state index contributed by atoms with van der Waals surface area (Å²) in [5.41, 5.74) is 6.29. The summed E-state index contributed by atoms with van der Waals surface area (Å²) >= 11 is 0. The number of benzene rings is 2. The fourth-order valence-corrected chi connectivity index (χ4v) is 1.84. The fraction of sp³-hybridized carbons (Fsp3) is 0.133. The molecule has 0 aliphatic heterocycles. The smallest absolute Gasteiger partial charge is 0.141 e. The zero-order valence-electron chi connectivity index (χ0n) is 11.0. The van der Waals surface area contributed by atoms with Gasteiger partial charge >= 0.3 is 0 Å². The minimum Gasteiger partial charge on any atom is -0.456 e. The lowest BCUT2D eigenvalue weighted by molar-refractivity contribution is 0.184. The fourth-order valence-electron chi connectivity index (χ4n) is 1.84. The SMILES string of the molecule is COCc1cccc(Oc2cccc(F)c2C(=N)N)c1. The second kappa shape index (κ2) is 6.16. The molecule has 2 rings (SSSR count). The van der Waals surface area contributed by atoms with Gasteiger partial charge in [0.1, 0.15) is 23.2 Å². The molecule has 0 amide bonds. The molecule has 3 N–H and O–H groups in total. The average Bonchev–Trinajstić information content (AvgIpc) is 2.39. The average molecular weight is 274 g/mol. The molecule has 2 aromatic carbocycles. The van der Waals surface area contributed by atoms with Crippen molar-refractivity contribution in [1.29, 1.82) is 5.41 Å². The summed E-state index contributed by atoms with van der Waals surface area (Å²) in [4.78, 5) is 0. The van der Waals surface area contributed by atoms with Crippen LogP contribution in [0, 0.1) is 11.2 Å². The van der Waals surface area contributed by atoms with Crippen molar-refractivity contribution in [3.05, 3.63) is 59.4 Å². The number of amidine groups is 1. The van der Waals surface area contributed by atoms with Crippen LogP contribution in [0.15, 0.2) is 42.5 Å². The molecule has 20 heavy (non-hydrogen) atoms. The summed E-state index contributed by atoms with van der Waals surface area (Å²) in [5, 5.41) is 7.43. The molecular formula is C15H15FN2O2. The van der Waals surface area contributed by atoms with E-state index >= 15 is 0 Å². The van der Waals surface area contributed by atoms with Crippen LogP contribution in [0.3, 0.4) is 0 Å². The highest BCUT2D eigenvalue weighted by Gasteiger charge is 2.13. The molecule has 0 saturated carbocycles. The van der Waals surface area contributed by atoms with Gasteiger partial charge in [-0.3, -0.25) is 5.41 Å². The number of ether oxygens (including phenoxy) is 2. The molecule has 0 bridgehead atoms. The summed E-state index contributed by atoms with van der Waals surface area (Å²) in [7, 11) is 1.61. The van der Waals surface area contributed by atoms with Crippen LogP contribution in [0.1, 0.15) is 11.1 Å².